The third kappa shape index (κ3) is 3.19. The Morgan fingerprint density at radius 3 is 2.43 bits per heavy atom. The Labute approximate surface area is 129 Å². The minimum absolute atomic E-state index is 0.207. The number of hydrogen-bond donors (Lipinski definition) is 2. The fourth-order valence-electron chi connectivity index (χ4n) is 1.75. The number of hydrogen-bond acceptors (Lipinski definition) is 4. The number of carbonyl (C=O) groups excluding carboxylic acids is 1. The fraction of sp³-hybridized carbons (Fsp3) is 0. The number of anilines is 2. The van der Waals surface area contributed by atoms with Crippen molar-refractivity contribution in [3.63, 3.8) is 0 Å². The SMILES string of the molecule is N#Cc1ccc(NC(=O)c2ccc(Br)cc2N)cc1C#N. The van der Waals surface area contributed by atoms with Gasteiger partial charge in [0, 0.05) is 15.8 Å². The van der Waals surface area contributed by atoms with E-state index in [2.05, 4.69) is 21.2 Å². The largest absolute Gasteiger partial charge is 0.398 e. The van der Waals surface area contributed by atoms with E-state index in [1.54, 1.807) is 24.3 Å². The van der Waals surface area contributed by atoms with Crippen molar-refractivity contribution in [2.75, 3.05) is 11.1 Å². The van der Waals surface area contributed by atoms with Crippen LogP contribution in [0, 0.1) is 22.7 Å². The van der Waals surface area contributed by atoms with Crippen LogP contribution in [0.15, 0.2) is 40.9 Å². The number of nitrogens with zero attached hydrogens (tertiary/aromatic N) is 2. The Kier molecular flexibility index (Phi) is 4.22. The average molecular weight is 341 g/mol. The standard InChI is InChI=1S/C15H9BrN4O/c16-11-2-4-13(14(19)6-11)15(21)20-12-3-1-9(7-17)10(5-12)8-18/h1-6H,19H2,(H,20,21). The van der Waals surface area contributed by atoms with Gasteiger partial charge in [0.1, 0.15) is 12.1 Å². The summed E-state index contributed by atoms with van der Waals surface area (Å²) in [5.74, 6) is -0.381. The van der Waals surface area contributed by atoms with Crippen LogP contribution in [0.1, 0.15) is 21.5 Å². The molecule has 2 aromatic carbocycles. The van der Waals surface area contributed by atoms with Crippen LogP contribution in [0.2, 0.25) is 0 Å². The quantitative estimate of drug-likeness (QED) is 0.820. The molecular weight excluding hydrogens is 332 g/mol. The summed E-state index contributed by atoms with van der Waals surface area (Å²) in [4.78, 5) is 12.1. The molecule has 0 atom stereocenters. The predicted octanol–water partition coefficient (Wildman–Crippen LogP) is 3.03. The minimum Gasteiger partial charge on any atom is -0.398 e. The van der Waals surface area contributed by atoms with Crippen molar-refractivity contribution in [1.29, 1.82) is 10.5 Å². The lowest BCUT2D eigenvalue weighted by Gasteiger charge is -2.08. The average Bonchev–Trinajstić information content (AvgIpc) is 2.46. The van der Waals surface area contributed by atoms with Crippen LogP contribution in [0.5, 0.6) is 0 Å². The van der Waals surface area contributed by atoms with E-state index in [1.807, 2.05) is 12.1 Å². The first-order valence-corrected chi connectivity index (χ1v) is 6.65. The molecule has 2 aromatic rings. The van der Waals surface area contributed by atoms with Gasteiger partial charge in [0.15, 0.2) is 0 Å². The summed E-state index contributed by atoms with van der Waals surface area (Å²) in [5.41, 5.74) is 7.37. The van der Waals surface area contributed by atoms with E-state index in [0.717, 1.165) is 4.47 Å². The lowest BCUT2D eigenvalue weighted by Crippen LogP contribution is -2.14. The molecule has 0 aliphatic rings. The number of halogens is 1. The number of nitrogens with one attached hydrogen (secondary N) is 1. The smallest absolute Gasteiger partial charge is 0.257 e. The third-order valence-electron chi connectivity index (χ3n) is 2.78. The number of nitrogens with two attached hydrogens (primary N) is 1. The number of rotatable bonds is 2. The summed E-state index contributed by atoms with van der Waals surface area (Å²) in [5, 5.41) is 20.5. The van der Waals surface area contributed by atoms with Gasteiger partial charge >= 0.3 is 0 Å². The first kappa shape index (κ1) is 14.6. The third-order valence-corrected chi connectivity index (χ3v) is 3.27. The van der Waals surface area contributed by atoms with Crippen molar-refractivity contribution in [2.24, 2.45) is 0 Å². The number of carbonyl (C=O) groups is 1. The second-order valence-electron chi connectivity index (χ2n) is 4.17. The lowest BCUT2D eigenvalue weighted by atomic mass is 10.1. The van der Waals surface area contributed by atoms with Gasteiger partial charge in [0.25, 0.3) is 5.91 Å². The van der Waals surface area contributed by atoms with Gasteiger partial charge in [0.05, 0.1) is 16.7 Å². The van der Waals surface area contributed by atoms with Gasteiger partial charge in [-0.15, -0.1) is 0 Å². The van der Waals surface area contributed by atoms with Crippen LogP contribution in [0.25, 0.3) is 0 Å². The molecule has 0 heterocycles. The van der Waals surface area contributed by atoms with Crippen LogP contribution < -0.4 is 11.1 Å². The Morgan fingerprint density at radius 2 is 1.81 bits per heavy atom. The van der Waals surface area contributed by atoms with E-state index in [4.69, 9.17) is 16.3 Å². The molecule has 6 heteroatoms. The maximum atomic E-state index is 12.1. The zero-order chi connectivity index (χ0) is 15.4. The molecule has 0 aliphatic carbocycles. The molecule has 1 amide bonds. The van der Waals surface area contributed by atoms with E-state index in [0.29, 0.717) is 16.9 Å². The molecule has 0 fully saturated rings. The predicted molar refractivity (Wildman–Crippen MR) is 82.4 cm³/mol. The summed E-state index contributed by atoms with van der Waals surface area (Å²) in [7, 11) is 0. The molecule has 0 unspecified atom stereocenters. The zero-order valence-corrected chi connectivity index (χ0v) is 12.3. The number of benzene rings is 2. The summed E-state index contributed by atoms with van der Waals surface area (Å²) < 4.78 is 0.779. The van der Waals surface area contributed by atoms with Crippen LogP contribution in [0.4, 0.5) is 11.4 Å². The molecule has 5 nitrogen and oxygen atoms in total. The van der Waals surface area contributed by atoms with E-state index >= 15 is 0 Å². The van der Waals surface area contributed by atoms with Crippen LogP contribution in [-0.2, 0) is 0 Å². The molecule has 2 rings (SSSR count). The van der Waals surface area contributed by atoms with Crippen molar-refractivity contribution in [3.8, 4) is 12.1 Å². The molecule has 3 N–H and O–H groups in total. The molecule has 0 bridgehead atoms. The Hall–Kier alpha value is -2.83. The van der Waals surface area contributed by atoms with E-state index < -0.39 is 0 Å². The highest BCUT2D eigenvalue weighted by Crippen LogP contribution is 2.21. The lowest BCUT2D eigenvalue weighted by molar-refractivity contribution is 0.102. The first-order valence-electron chi connectivity index (χ1n) is 5.86. The normalized spacial score (nSPS) is 9.48. The monoisotopic (exact) mass is 340 g/mol. The number of nitrogen functional groups attached to an aromatic ring is 1. The van der Waals surface area contributed by atoms with E-state index in [9.17, 15) is 4.79 Å². The van der Waals surface area contributed by atoms with Gasteiger partial charge in [-0.3, -0.25) is 4.79 Å². The van der Waals surface area contributed by atoms with Crippen molar-refractivity contribution in [3.05, 3.63) is 57.6 Å². The van der Waals surface area contributed by atoms with Crippen LogP contribution in [0.3, 0.4) is 0 Å². The highest BCUT2D eigenvalue weighted by atomic mass is 79.9. The van der Waals surface area contributed by atoms with Gasteiger partial charge in [-0.2, -0.15) is 10.5 Å². The Morgan fingerprint density at radius 1 is 1.10 bits per heavy atom. The molecule has 102 valence electrons. The molecule has 0 saturated carbocycles. The summed E-state index contributed by atoms with van der Waals surface area (Å²) in [6.45, 7) is 0. The molecule has 0 aliphatic heterocycles. The fourth-order valence-corrected chi connectivity index (χ4v) is 2.13. The Bertz CT molecular complexity index is 802. The highest BCUT2D eigenvalue weighted by Gasteiger charge is 2.11. The zero-order valence-electron chi connectivity index (χ0n) is 10.7. The van der Waals surface area contributed by atoms with Gasteiger partial charge in [-0.25, -0.2) is 0 Å². The molecule has 0 spiro atoms. The topological polar surface area (TPSA) is 103 Å². The second-order valence-corrected chi connectivity index (χ2v) is 5.09. The maximum Gasteiger partial charge on any atom is 0.257 e. The van der Waals surface area contributed by atoms with Gasteiger partial charge in [-0.1, -0.05) is 15.9 Å². The van der Waals surface area contributed by atoms with Gasteiger partial charge < -0.3 is 11.1 Å². The van der Waals surface area contributed by atoms with Gasteiger partial charge in [-0.05, 0) is 36.4 Å². The maximum absolute atomic E-state index is 12.1. The van der Waals surface area contributed by atoms with E-state index in [1.165, 1.54) is 12.1 Å². The second kappa shape index (κ2) is 6.08. The summed E-state index contributed by atoms with van der Waals surface area (Å²) in [6.07, 6.45) is 0. The Balaban J connectivity index is 2.28. The molecule has 0 radical (unpaired) electrons. The molecule has 21 heavy (non-hydrogen) atoms. The molecule has 0 saturated heterocycles. The summed E-state index contributed by atoms with van der Waals surface area (Å²) >= 11 is 3.27. The number of amides is 1. The molecular formula is C15H9BrN4O. The van der Waals surface area contributed by atoms with E-state index in [-0.39, 0.29) is 17.0 Å². The minimum atomic E-state index is -0.381. The first-order chi connectivity index (χ1) is 10.0. The molecule has 0 aromatic heterocycles. The van der Waals surface area contributed by atoms with Crippen molar-refractivity contribution < 1.29 is 4.79 Å². The van der Waals surface area contributed by atoms with Crippen molar-refractivity contribution in [1.82, 2.24) is 0 Å². The summed E-state index contributed by atoms with van der Waals surface area (Å²) in [6, 6.07) is 13.3. The van der Waals surface area contributed by atoms with Crippen molar-refractivity contribution in [2.45, 2.75) is 0 Å². The van der Waals surface area contributed by atoms with Crippen LogP contribution in [-0.4, -0.2) is 5.91 Å². The van der Waals surface area contributed by atoms with Crippen molar-refractivity contribution >= 4 is 33.2 Å². The van der Waals surface area contributed by atoms with Gasteiger partial charge in [0.2, 0.25) is 0 Å². The number of nitriles is 2. The highest BCUT2D eigenvalue weighted by molar-refractivity contribution is 9.10. The van der Waals surface area contributed by atoms with Crippen LogP contribution >= 0.6 is 15.9 Å².